The van der Waals surface area contributed by atoms with E-state index in [-0.39, 0.29) is 11.9 Å². The van der Waals surface area contributed by atoms with E-state index in [1.165, 1.54) is 0 Å². The van der Waals surface area contributed by atoms with E-state index in [1.807, 2.05) is 76.2 Å². The van der Waals surface area contributed by atoms with Crippen molar-refractivity contribution in [3.05, 3.63) is 71.4 Å². The van der Waals surface area contributed by atoms with E-state index < -0.39 is 0 Å². The van der Waals surface area contributed by atoms with Crippen LogP contribution in [0.25, 0.3) is 11.4 Å². The lowest BCUT2D eigenvalue weighted by atomic mass is 10.1. The van der Waals surface area contributed by atoms with Crippen LogP contribution in [0.4, 0.5) is 11.5 Å². The smallest absolute Gasteiger partial charge is 0.274 e. The highest BCUT2D eigenvalue weighted by Gasteiger charge is 2.14. The quantitative estimate of drug-likeness (QED) is 0.684. The van der Waals surface area contributed by atoms with Crippen LogP contribution in [-0.2, 0) is 0 Å². The van der Waals surface area contributed by atoms with Crippen molar-refractivity contribution in [2.45, 2.75) is 33.7 Å². The molecule has 0 aliphatic rings. The highest BCUT2D eigenvalue weighted by atomic mass is 16.1. The number of hydrogen-bond donors (Lipinski definition) is 2. The molecule has 0 radical (unpaired) electrons. The first-order valence-electron chi connectivity index (χ1n) is 9.02. The molecule has 0 unspecified atom stereocenters. The zero-order valence-corrected chi connectivity index (χ0v) is 16.1. The fraction of sp³-hybridized carbons (Fsp3) is 0.227. The van der Waals surface area contributed by atoms with Crippen LogP contribution in [0.1, 0.15) is 35.5 Å². The molecule has 2 aromatic carbocycles. The second kappa shape index (κ2) is 7.99. The first-order valence-corrected chi connectivity index (χ1v) is 9.02. The monoisotopic (exact) mass is 360 g/mol. The Balaban J connectivity index is 1.96. The number of aromatic nitrogens is 2. The maximum Gasteiger partial charge on any atom is 0.274 e. The Bertz CT molecular complexity index is 952. The molecule has 0 fully saturated rings. The van der Waals surface area contributed by atoms with Gasteiger partial charge in [-0.25, -0.2) is 9.97 Å². The van der Waals surface area contributed by atoms with Gasteiger partial charge in [-0.1, -0.05) is 48.0 Å². The summed E-state index contributed by atoms with van der Waals surface area (Å²) in [5, 5.41) is 6.22. The molecule has 1 aromatic heterocycles. The molecule has 0 aliphatic heterocycles. The van der Waals surface area contributed by atoms with Crippen LogP contribution in [-0.4, -0.2) is 21.9 Å². The molecule has 0 saturated heterocycles. The van der Waals surface area contributed by atoms with E-state index in [0.29, 0.717) is 17.3 Å². The Kier molecular flexibility index (Phi) is 5.50. The zero-order chi connectivity index (χ0) is 19.4. The number of nitrogens with one attached hydrogen (secondary N) is 2. The molecule has 138 valence electrons. The third kappa shape index (κ3) is 4.70. The van der Waals surface area contributed by atoms with E-state index in [0.717, 1.165) is 22.4 Å². The molecule has 27 heavy (non-hydrogen) atoms. The maximum absolute atomic E-state index is 12.8. The molecule has 0 bridgehead atoms. The minimum absolute atomic E-state index is 0.193. The molecular weight excluding hydrogens is 336 g/mol. The maximum atomic E-state index is 12.8. The van der Waals surface area contributed by atoms with Gasteiger partial charge < -0.3 is 10.6 Å². The molecule has 5 heteroatoms. The number of anilines is 2. The van der Waals surface area contributed by atoms with Crippen LogP contribution in [0, 0.1) is 13.8 Å². The van der Waals surface area contributed by atoms with E-state index >= 15 is 0 Å². The average Bonchev–Trinajstić information content (AvgIpc) is 2.64. The van der Waals surface area contributed by atoms with Crippen LogP contribution in [0.2, 0.25) is 0 Å². The highest BCUT2D eigenvalue weighted by Crippen LogP contribution is 2.20. The molecular formula is C22H24N4O. The molecule has 3 aromatic rings. The Labute approximate surface area is 159 Å². The normalized spacial score (nSPS) is 10.7. The molecule has 1 amide bonds. The third-order valence-electron chi connectivity index (χ3n) is 4.06. The van der Waals surface area contributed by atoms with Gasteiger partial charge in [0.2, 0.25) is 0 Å². The van der Waals surface area contributed by atoms with Gasteiger partial charge >= 0.3 is 0 Å². The standard InChI is InChI=1S/C22H24N4O/c1-14(2)23-20-13-19(24-21(26-20)17-8-6-5-7-9-17)22(27)25-18-11-10-15(3)12-16(18)4/h5-14H,1-4H3,(H,25,27)(H,23,24,26). The van der Waals surface area contributed by atoms with Crippen molar-refractivity contribution < 1.29 is 4.79 Å². The fourth-order valence-corrected chi connectivity index (χ4v) is 2.79. The largest absolute Gasteiger partial charge is 0.368 e. The van der Waals surface area contributed by atoms with Crippen molar-refractivity contribution in [3.63, 3.8) is 0 Å². The van der Waals surface area contributed by atoms with Crippen LogP contribution in [0.5, 0.6) is 0 Å². The molecule has 2 N–H and O–H groups in total. The molecule has 0 saturated carbocycles. The van der Waals surface area contributed by atoms with Crippen LogP contribution < -0.4 is 10.6 Å². The number of rotatable bonds is 5. The molecule has 0 aliphatic carbocycles. The number of carbonyl (C=O) groups excluding carboxylic acids is 1. The van der Waals surface area contributed by atoms with Crippen molar-refractivity contribution in [2.75, 3.05) is 10.6 Å². The van der Waals surface area contributed by atoms with Crippen molar-refractivity contribution in [2.24, 2.45) is 0 Å². The lowest BCUT2D eigenvalue weighted by Gasteiger charge is -2.13. The van der Waals surface area contributed by atoms with Gasteiger partial charge in [0, 0.05) is 23.4 Å². The van der Waals surface area contributed by atoms with Crippen molar-refractivity contribution >= 4 is 17.4 Å². The number of nitrogens with zero attached hydrogens (tertiary/aromatic N) is 2. The van der Waals surface area contributed by atoms with E-state index in [1.54, 1.807) is 6.07 Å². The molecule has 0 spiro atoms. The summed E-state index contributed by atoms with van der Waals surface area (Å²) in [5.41, 5.74) is 4.14. The van der Waals surface area contributed by atoms with Crippen molar-refractivity contribution in [3.8, 4) is 11.4 Å². The zero-order valence-electron chi connectivity index (χ0n) is 16.1. The van der Waals surface area contributed by atoms with Gasteiger partial charge in [0.05, 0.1) is 0 Å². The van der Waals surface area contributed by atoms with Gasteiger partial charge in [0.1, 0.15) is 11.5 Å². The highest BCUT2D eigenvalue weighted by molar-refractivity contribution is 6.04. The number of amides is 1. The fourth-order valence-electron chi connectivity index (χ4n) is 2.79. The molecule has 3 rings (SSSR count). The number of carbonyl (C=O) groups is 1. The minimum atomic E-state index is -0.256. The summed E-state index contributed by atoms with van der Waals surface area (Å²) in [6, 6.07) is 17.5. The van der Waals surface area contributed by atoms with Crippen molar-refractivity contribution in [1.29, 1.82) is 0 Å². The lowest BCUT2D eigenvalue weighted by Crippen LogP contribution is -2.18. The Morgan fingerprint density at radius 2 is 1.70 bits per heavy atom. The van der Waals surface area contributed by atoms with Crippen LogP contribution in [0.15, 0.2) is 54.6 Å². The predicted octanol–water partition coefficient (Wildman–Crippen LogP) is 4.83. The number of hydrogen-bond acceptors (Lipinski definition) is 4. The summed E-state index contributed by atoms with van der Waals surface area (Å²) in [6.45, 7) is 8.06. The predicted molar refractivity (Wildman–Crippen MR) is 110 cm³/mol. The van der Waals surface area contributed by atoms with E-state index in [9.17, 15) is 4.79 Å². The summed E-state index contributed by atoms with van der Waals surface area (Å²) >= 11 is 0. The van der Waals surface area contributed by atoms with Gasteiger partial charge in [0.15, 0.2) is 5.82 Å². The van der Waals surface area contributed by atoms with Gasteiger partial charge in [-0.2, -0.15) is 0 Å². The number of benzene rings is 2. The Hall–Kier alpha value is -3.21. The Morgan fingerprint density at radius 3 is 2.37 bits per heavy atom. The SMILES string of the molecule is Cc1ccc(NC(=O)c2cc(NC(C)C)nc(-c3ccccc3)n2)c(C)c1. The van der Waals surface area contributed by atoms with Crippen molar-refractivity contribution in [1.82, 2.24) is 9.97 Å². The van der Waals surface area contributed by atoms with E-state index in [4.69, 9.17) is 0 Å². The van der Waals surface area contributed by atoms with E-state index in [2.05, 4.69) is 20.6 Å². The average molecular weight is 360 g/mol. The second-order valence-electron chi connectivity index (χ2n) is 6.90. The summed E-state index contributed by atoms with van der Waals surface area (Å²) in [5.74, 6) is 0.894. The molecule has 0 atom stereocenters. The Morgan fingerprint density at radius 1 is 0.963 bits per heavy atom. The summed E-state index contributed by atoms with van der Waals surface area (Å²) in [4.78, 5) is 21.9. The summed E-state index contributed by atoms with van der Waals surface area (Å²) < 4.78 is 0. The van der Waals surface area contributed by atoms with Crippen LogP contribution in [0.3, 0.4) is 0 Å². The van der Waals surface area contributed by atoms with Gasteiger partial charge in [-0.05, 0) is 39.3 Å². The summed E-state index contributed by atoms with van der Waals surface area (Å²) in [7, 11) is 0. The minimum Gasteiger partial charge on any atom is -0.368 e. The number of aryl methyl sites for hydroxylation is 2. The lowest BCUT2D eigenvalue weighted by molar-refractivity contribution is 0.102. The first-order chi connectivity index (χ1) is 12.9. The van der Waals surface area contributed by atoms with Gasteiger partial charge in [-0.3, -0.25) is 4.79 Å². The third-order valence-corrected chi connectivity index (χ3v) is 4.06. The second-order valence-corrected chi connectivity index (χ2v) is 6.90. The molecule has 1 heterocycles. The van der Waals surface area contributed by atoms with Crippen LogP contribution >= 0.6 is 0 Å². The molecule has 5 nitrogen and oxygen atoms in total. The first kappa shape index (κ1) is 18.6. The topological polar surface area (TPSA) is 66.9 Å². The van der Waals surface area contributed by atoms with Gasteiger partial charge in [-0.15, -0.1) is 0 Å². The van der Waals surface area contributed by atoms with Gasteiger partial charge in [0.25, 0.3) is 5.91 Å². The summed E-state index contributed by atoms with van der Waals surface area (Å²) in [6.07, 6.45) is 0.